The van der Waals surface area contributed by atoms with Crippen LogP contribution in [0.15, 0.2) is 53.0 Å². The summed E-state index contributed by atoms with van der Waals surface area (Å²) in [6.45, 7) is 0.161. The Labute approximate surface area is 164 Å². The molecule has 26 heavy (non-hydrogen) atoms. The molecule has 0 aliphatic carbocycles. The Morgan fingerprint density at radius 2 is 1.50 bits per heavy atom. The van der Waals surface area contributed by atoms with E-state index in [0.717, 1.165) is 10.0 Å². The average Bonchev–Trinajstić information content (AvgIpc) is 2.62. The summed E-state index contributed by atoms with van der Waals surface area (Å²) in [5, 5.41) is 3.23. The fourth-order valence-electron chi connectivity index (χ4n) is 2.03. The van der Waals surface area contributed by atoms with Gasteiger partial charge >= 0.3 is 0 Å². The van der Waals surface area contributed by atoms with Crippen molar-refractivity contribution < 1.29 is 14.4 Å². The third-order valence-corrected chi connectivity index (χ3v) is 4.14. The Kier molecular flexibility index (Phi) is 7.62. The lowest BCUT2D eigenvalue weighted by molar-refractivity contribution is -0.128. The van der Waals surface area contributed by atoms with E-state index < -0.39 is 5.91 Å². The molecule has 0 bridgehead atoms. The van der Waals surface area contributed by atoms with Crippen LogP contribution in [0.25, 0.3) is 0 Å². The summed E-state index contributed by atoms with van der Waals surface area (Å²) in [4.78, 5) is 35.4. The summed E-state index contributed by atoms with van der Waals surface area (Å²) in [5.74, 6) is -1.01. The van der Waals surface area contributed by atoms with Gasteiger partial charge in [-0.05, 0) is 42.0 Å². The molecule has 6 nitrogen and oxygen atoms in total. The van der Waals surface area contributed by atoms with Crippen LogP contribution in [0.4, 0.5) is 0 Å². The molecule has 0 aliphatic rings. The number of hydrazine groups is 1. The molecule has 136 valence electrons. The Morgan fingerprint density at radius 3 is 2.15 bits per heavy atom. The number of hydrogen-bond donors (Lipinski definition) is 3. The predicted octanol–water partition coefficient (Wildman–Crippen LogP) is 2.61. The highest BCUT2D eigenvalue weighted by Crippen LogP contribution is 2.10. The first kappa shape index (κ1) is 19.9. The summed E-state index contributed by atoms with van der Waals surface area (Å²) in [6.07, 6.45) is 0.168. The van der Waals surface area contributed by atoms with Crippen LogP contribution >= 0.6 is 27.5 Å². The fourth-order valence-corrected chi connectivity index (χ4v) is 2.42. The highest BCUT2D eigenvalue weighted by Gasteiger charge is 2.08. The first-order chi connectivity index (χ1) is 12.4. The summed E-state index contributed by atoms with van der Waals surface area (Å²) in [6, 6.07) is 13.7. The number of amides is 3. The SMILES string of the molecule is O=C(CCNC(=O)c1ccc(Br)cc1)NNC(=O)Cc1ccc(Cl)cc1. The predicted molar refractivity (Wildman–Crippen MR) is 103 cm³/mol. The summed E-state index contributed by atoms with van der Waals surface area (Å²) in [7, 11) is 0. The summed E-state index contributed by atoms with van der Waals surface area (Å²) < 4.78 is 0.878. The van der Waals surface area contributed by atoms with E-state index in [-0.39, 0.29) is 31.2 Å². The van der Waals surface area contributed by atoms with Crippen LogP contribution < -0.4 is 16.2 Å². The van der Waals surface area contributed by atoms with E-state index in [9.17, 15) is 14.4 Å². The lowest BCUT2D eigenvalue weighted by Crippen LogP contribution is -2.43. The molecule has 8 heteroatoms. The molecule has 0 fully saturated rings. The Hall–Kier alpha value is -2.38. The number of carbonyl (C=O) groups excluding carboxylic acids is 3. The largest absolute Gasteiger partial charge is 0.352 e. The van der Waals surface area contributed by atoms with Gasteiger partial charge in [-0.25, -0.2) is 0 Å². The van der Waals surface area contributed by atoms with Gasteiger partial charge in [0.05, 0.1) is 6.42 Å². The van der Waals surface area contributed by atoms with Crippen LogP contribution in [-0.4, -0.2) is 24.3 Å². The van der Waals surface area contributed by atoms with Gasteiger partial charge in [0, 0.05) is 28.0 Å². The maximum Gasteiger partial charge on any atom is 0.251 e. The van der Waals surface area contributed by atoms with E-state index in [0.29, 0.717) is 10.6 Å². The van der Waals surface area contributed by atoms with Gasteiger partial charge < -0.3 is 5.32 Å². The van der Waals surface area contributed by atoms with Gasteiger partial charge in [0.15, 0.2) is 0 Å². The van der Waals surface area contributed by atoms with Gasteiger partial charge in [0.25, 0.3) is 5.91 Å². The molecule has 0 saturated carbocycles. The topological polar surface area (TPSA) is 87.3 Å². The third kappa shape index (κ3) is 6.85. The molecule has 0 spiro atoms. The molecule has 0 radical (unpaired) electrons. The average molecular weight is 439 g/mol. The number of rotatable bonds is 6. The molecular formula is C18H17BrClN3O3. The normalized spacial score (nSPS) is 10.1. The molecule has 0 unspecified atom stereocenters. The second-order valence-corrected chi connectivity index (χ2v) is 6.76. The fraction of sp³-hybridized carbons (Fsp3) is 0.167. The van der Waals surface area contributed by atoms with Gasteiger partial charge in [-0.15, -0.1) is 0 Å². The first-order valence-electron chi connectivity index (χ1n) is 7.80. The van der Waals surface area contributed by atoms with Crippen molar-refractivity contribution >= 4 is 45.3 Å². The summed E-state index contributed by atoms with van der Waals surface area (Å²) in [5.41, 5.74) is 5.93. The lowest BCUT2D eigenvalue weighted by atomic mass is 10.1. The monoisotopic (exact) mass is 437 g/mol. The number of hydrogen-bond acceptors (Lipinski definition) is 3. The van der Waals surface area contributed by atoms with Crippen LogP contribution in [0.2, 0.25) is 5.02 Å². The molecule has 2 aromatic carbocycles. The molecule has 0 aliphatic heterocycles. The van der Waals surface area contributed by atoms with Crippen molar-refractivity contribution in [3.8, 4) is 0 Å². The number of benzene rings is 2. The van der Waals surface area contributed by atoms with Crippen molar-refractivity contribution in [1.82, 2.24) is 16.2 Å². The molecule has 3 N–H and O–H groups in total. The minimum atomic E-state index is -0.398. The molecule has 3 amide bonds. The van der Waals surface area contributed by atoms with Gasteiger partial charge in [0.2, 0.25) is 11.8 Å². The van der Waals surface area contributed by atoms with Gasteiger partial charge in [-0.3, -0.25) is 25.2 Å². The highest BCUT2D eigenvalue weighted by molar-refractivity contribution is 9.10. The second-order valence-electron chi connectivity index (χ2n) is 5.41. The van der Waals surface area contributed by atoms with Gasteiger partial charge in [-0.1, -0.05) is 39.7 Å². The minimum absolute atomic E-state index is 0.0451. The minimum Gasteiger partial charge on any atom is -0.352 e. The van der Waals surface area contributed by atoms with Crippen LogP contribution in [-0.2, 0) is 16.0 Å². The van der Waals surface area contributed by atoms with Crippen molar-refractivity contribution in [1.29, 1.82) is 0 Å². The maximum absolute atomic E-state index is 11.9. The van der Waals surface area contributed by atoms with Crippen molar-refractivity contribution in [3.05, 3.63) is 69.2 Å². The Morgan fingerprint density at radius 1 is 0.885 bits per heavy atom. The van der Waals surface area contributed by atoms with E-state index in [4.69, 9.17) is 11.6 Å². The highest BCUT2D eigenvalue weighted by atomic mass is 79.9. The number of carbonyl (C=O) groups is 3. The van der Waals surface area contributed by atoms with Crippen LogP contribution in [0.1, 0.15) is 22.3 Å². The van der Waals surface area contributed by atoms with Crippen molar-refractivity contribution in [2.24, 2.45) is 0 Å². The second kappa shape index (κ2) is 9.94. The standard InChI is InChI=1S/C18H17BrClN3O3/c19-14-5-3-13(4-6-14)18(26)21-10-9-16(24)22-23-17(25)11-12-1-7-15(20)8-2-12/h1-8H,9-11H2,(H,21,26)(H,22,24)(H,23,25). The zero-order chi connectivity index (χ0) is 18.9. The molecule has 2 aromatic rings. The smallest absolute Gasteiger partial charge is 0.251 e. The molecule has 0 saturated heterocycles. The van der Waals surface area contributed by atoms with E-state index in [2.05, 4.69) is 32.1 Å². The van der Waals surface area contributed by atoms with E-state index in [1.54, 1.807) is 48.5 Å². The molecular weight excluding hydrogens is 422 g/mol. The summed E-state index contributed by atoms with van der Waals surface area (Å²) >= 11 is 9.07. The number of nitrogens with one attached hydrogen (secondary N) is 3. The zero-order valence-electron chi connectivity index (χ0n) is 13.7. The van der Waals surface area contributed by atoms with E-state index >= 15 is 0 Å². The zero-order valence-corrected chi connectivity index (χ0v) is 16.1. The van der Waals surface area contributed by atoms with Crippen molar-refractivity contribution in [2.45, 2.75) is 12.8 Å². The van der Waals surface area contributed by atoms with Crippen LogP contribution in [0.5, 0.6) is 0 Å². The van der Waals surface area contributed by atoms with Crippen LogP contribution in [0, 0.1) is 0 Å². The Balaban J connectivity index is 1.65. The molecule has 0 atom stereocenters. The van der Waals surface area contributed by atoms with Crippen molar-refractivity contribution in [2.75, 3.05) is 6.54 Å². The molecule has 2 rings (SSSR count). The number of halogens is 2. The molecule has 0 aromatic heterocycles. The lowest BCUT2D eigenvalue weighted by Gasteiger charge is -2.08. The Bertz CT molecular complexity index is 779. The van der Waals surface area contributed by atoms with E-state index in [1.807, 2.05) is 0 Å². The van der Waals surface area contributed by atoms with Gasteiger partial charge in [0.1, 0.15) is 0 Å². The van der Waals surface area contributed by atoms with Gasteiger partial charge in [-0.2, -0.15) is 0 Å². The first-order valence-corrected chi connectivity index (χ1v) is 8.97. The van der Waals surface area contributed by atoms with Crippen LogP contribution in [0.3, 0.4) is 0 Å². The van der Waals surface area contributed by atoms with Crippen molar-refractivity contribution in [3.63, 3.8) is 0 Å². The third-order valence-electron chi connectivity index (χ3n) is 3.36. The maximum atomic E-state index is 11.9. The quantitative estimate of drug-likeness (QED) is 0.606. The van der Waals surface area contributed by atoms with E-state index in [1.165, 1.54) is 0 Å². The molecule has 0 heterocycles.